The van der Waals surface area contributed by atoms with Gasteiger partial charge in [-0.2, -0.15) is 0 Å². The Bertz CT molecular complexity index is 361. The van der Waals surface area contributed by atoms with Crippen molar-refractivity contribution in [1.29, 1.82) is 0 Å². The Morgan fingerprint density at radius 3 is 2.47 bits per heavy atom. The lowest BCUT2D eigenvalue weighted by molar-refractivity contribution is -0.136. The maximum atomic E-state index is 10.8. The summed E-state index contributed by atoms with van der Waals surface area (Å²) in [5, 5.41) is 8.50. The number of aliphatic carboxylic acids is 1. The molecule has 0 saturated heterocycles. The number of rotatable bonds is 5. The number of anilines is 1. The lowest BCUT2D eigenvalue weighted by atomic mass is 10.1. The van der Waals surface area contributed by atoms with Gasteiger partial charge < -0.3 is 9.83 Å². The number of carbonyl (C=O) groups is 1. The molecule has 0 radical (unpaired) electrons. The summed E-state index contributed by atoms with van der Waals surface area (Å²) in [6.45, 7) is 0. The summed E-state index contributed by atoms with van der Waals surface area (Å²) >= 11 is 0. The maximum absolute atomic E-state index is 10.8. The lowest BCUT2D eigenvalue weighted by Crippen LogP contribution is -2.01. The SMILES string of the molecule is CS(=O)Nc1ccc(CCC(=O)O)cc1. The third kappa shape index (κ3) is 4.60. The number of hydrogen-bond donors (Lipinski definition) is 2. The molecule has 5 heteroatoms. The quantitative estimate of drug-likeness (QED) is 0.799. The molecule has 0 aliphatic carbocycles. The third-order valence-electron chi connectivity index (χ3n) is 1.84. The molecule has 0 fully saturated rings. The second-order valence-electron chi connectivity index (χ2n) is 3.15. The molecule has 2 N–H and O–H groups in total. The van der Waals surface area contributed by atoms with Gasteiger partial charge in [0.05, 0.1) is 0 Å². The van der Waals surface area contributed by atoms with Crippen LogP contribution < -0.4 is 4.72 Å². The molecule has 82 valence electrons. The molecule has 1 rings (SSSR count). The van der Waals surface area contributed by atoms with Crippen molar-refractivity contribution < 1.29 is 14.1 Å². The molecule has 0 heterocycles. The van der Waals surface area contributed by atoms with Gasteiger partial charge in [-0.15, -0.1) is 0 Å². The van der Waals surface area contributed by atoms with Crippen LogP contribution in [0.25, 0.3) is 0 Å². The van der Waals surface area contributed by atoms with Crippen LogP contribution in [-0.2, 0) is 22.2 Å². The van der Waals surface area contributed by atoms with E-state index in [0.717, 1.165) is 11.3 Å². The van der Waals surface area contributed by atoms with Gasteiger partial charge in [0.1, 0.15) is 11.0 Å². The van der Waals surface area contributed by atoms with Crippen LogP contribution in [0.2, 0.25) is 0 Å². The van der Waals surface area contributed by atoms with Crippen molar-refractivity contribution in [1.82, 2.24) is 0 Å². The minimum Gasteiger partial charge on any atom is -0.481 e. The Morgan fingerprint density at radius 1 is 1.40 bits per heavy atom. The van der Waals surface area contributed by atoms with E-state index in [1.807, 2.05) is 12.1 Å². The predicted octanol–water partition coefficient (Wildman–Crippen LogP) is 1.41. The van der Waals surface area contributed by atoms with Crippen LogP contribution >= 0.6 is 0 Å². The van der Waals surface area contributed by atoms with Crippen molar-refractivity contribution in [3.05, 3.63) is 29.8 Å². The fourth-order valence-electron chi connectivity index (χ4n) is 1.16. The highest BCUT2D eigenvalue weighted by Crippen LogP contribution is 2.11. The first-order valence-corrected chi connectivity index (χ1v) is 6.04. The largest absolute Gasteiger partial charge is 0.481 e. The van der Waals surface area contributed by atoms with Gasteiger partial charge in [0.25, 0.3) is 0 Å². The molecular formula is C10H13NO3S. The minimum atomic E-state index is -1.08. The van der Waals surface area contributed by atoms with Crippen LogP contribution in [0, 0.1) is 0 Å². The van der Waals surface area contributed by atoms with Crippen LogP contribution in [0.1, 0.15) is 12.0 Å². The topological polar surface area (TPSA) is 66.4 Å². The monoisotopic (exact) mass is 227 g/mol. The first-order chi connectivity index (χ1) is 7.08. The molecule has 1 aromatic carbocycles. The fraction of sp³-hybridized carbons (Fsp3) is 0.300. The van der Waals surface area contributed by atoms with Crippen molar-refractivity contribution in [3.63, 3.8) is 0 Å². The highest BCUT2D eigenvalue weighted by atomic mass is 32.2. The van der Waals surface area contributed by atoms with Gasteiger partial charge in [0.15, 0.2) is 0 Å². The molecule has 0 bridgehead atoms. The van der Waals surface area contributed by atoms with Crippen LogP contribution in [0.5, 0.6) is 0 Å². The van der Waals surface area contributed by atoms with Gasteiger partial charge in [-0.3, -0.25) is 4.79 Å². The van der Waals surface area contributed by atoms with Crippen molar-refractivity contribution in [2.45, 2.75) is 12.8 Å². The normalized spacial score (nSPS) is 12.1. The van der Waals surface area contributed by atoms with Crippen LogP contribution in [0.4, 0.5) is 5.69 Å². The fourth-order valence-corrected chi connectivity index (χ4v) is 1.62. The molecule has 1 aromatic rings. The van der Waals surface area contributed by atoms with Crippen molar-refractivity contribution >= 4 is 22.6 Å². The Balaban J connectivity index is 2.56. The zero-order valence-electron chi connectivity index (χ0n) is 8.40. The highest BCUT2D eigenvalue weighted by Gasteiger charge is 1.99. The Morgan fingerprint density at radius 2 is 2.00 bits per heavy atom. The van der Waals surface area contributed by atoms with Crippen LogP contribution in [0.3, 0.4) is 0 Å². The summed E-state index contributed by atoms with van der Waals surface area (Å²) in [6.07, 6.45) is 2.20. The first-order valence-electron chi connectivity index (χ1n) is 4.49. The molecule has 0 amide bonds. The summed E-state index contributed by atoms with van der Waals surface area (Å²) in [6, 6.07) is 7.24. The third-order valence-corrected chi connectivity index (χ3v) is 2.37. The number of benzene rings is 1. The van der Waals surface area contributed by atoms with Gasteiger partial charge >= 0.3 is 5.97 Å². The van der Waals surface area contributed by atoms with E-state index in [1.165, 1.54) is 0 Å². The Labute approximate surface area is 90.9 Å². The average Bonchev–Trinajstić information content (AvgIpc) is 2.16. The number of aryl methyl sites for hydroxylation is 1. The van der Waals surface area contributed by atoms with Gasteiger partial charge in [0, 0.05) is 18.4 Å². The minimum absolute atomic E-state index is 0.131. The molecular weight excluding hydrogens is 214 g/mol. The first kappa shape index (κ1) is 11.7. The van der Waals surface area contributed by atoms with Crippen molar-refractivity contribution in [2.75, 3.05) is 11.0 Å². The van der Waals surface area contributed by atoms with E-state index in [9.17, 15) is 9.00 Å². The zero-order chi connectivity index (χ0) is 11.3. The van der Waals surface area contributed by atoms with Gasteiger partial charge in [0.2, 0.25) is 0 Å². The summed E-state index contributed by atoms with van der Waals surface area (Å²) in [7, 11) is -1.08. The molecule has 0 aliphatic heterocycles. The number of nitrogens with one attached hydrogen (secondary N) is 1. The zero-order valence-corrected chi connectivity index (χ0v) is 9.21. The summed E-state index contributed by atoms with van der Waals surface area (Å²) in [5.74, 6) is -0.799. The van der Waals surface area contributed by atoms with Gasteiger partial charge in [-0.25, -0.2) is 4.21 Å². The smallest absolute Gasteiger partial charge is 0.303 e. The summed E-state index contributed by atoms with van der Waals surface area (Å²) in [4.78, 5) is 10.3. The van der Waals surface area contributed by atoms with E-state index >= 15 is 0 Å². The van der Waals surface area contributed by atoms with E-state index < -0.39 is 17.0 Å². The predicted molar refractivity (Wildman–Crippen MR) is 60.1 cm³/mol. The molecule has 1 unspecified atom stereocenters. The Hall–Kier alpha value is -1.36. The summed E-state index contributed by atoms with van der Waals surface area (Å²) < 4.78 is 13.6. The number of hydrogen-bond acceptors (Lipinski definition) is 2. The summed E-state index contributed by atoms with van der Waals surface area (Å²) in [5.41, 5.74) is 1.74. The van der Waals surface area contributed by atoms with E-state index in [4.69, 9.17) is 5.11 Å². The maximum Gasteiger partial charge on any atom is 0.303 e. The lowest BCUT2D eigenvalue weighted by Gasteiger charge is -2.03. The van der Waals surface area contributed by atoms with Gasteiger partial charge in [-0.1, -0.05) is 12.1 Å². The van der Waals surface area contributed by atoms with Crippen LogP contribution in [0.15, 0.2) is 24.3 Å². The average molecular weight is 227 g/mol. The van der Waals surface area contributed by atoms with Crippen molar-refractivity contribution in [3.8, 4) is 0 Å². The second-order valence-corrected chi connectivity index (χ2v) is 4.26. The molecule has 0 aromatic heterocycles. The van der Waals surface area contributed by atoms with Crippen LogP contribution in [-0.4, -0.2) is 21.5 Å². The number of carboxylic acids is 1. The molecule has 0 spiro atoms. The molecule has 4 nitrogen and oxygen atoms in total. The highest BCUT2D eigenvalue weighted by molar-refractivity contribution is 7.85. The molecule has 0 aliphatic rings. The van der Waals surface area contributed by atoms with E-state index in [-0.39, 0.29) is 6.42 Å². The van der Waals surface area contributed by atoms with Gasteiger partial charge in [-0.05, 0) is 24.1 Å². The van der Waals surface area contributed by atoms with E-state index in [2.05, 4.69) is 4.72 Å². The standard InChI is InChI=1S/C10H13NO3S/c1-15(14)11-9-5-2-8(3-6-9)4-7-10(12)13/h2-3,5-6,11H,4,7H2,1H3,(H,12,13). The van der Waals surface area contributed by atoms with E-state index in [0.29, 0.717) is 6.42 Å². The van der Waals surface area contributed by atoms with Crippen molar-refractivity contribution in [2.24, 2.45) is 0 Å². The van der Waals surface area contributed by atoms with E-state index in [1.54, 1.807) is 18.4 Å². The molecule has 1 atom stereocenters. The second kappa shape index (κ2) is 5.50. The molecule has 0 saturated carbocycles. The molecule has 15 heavy (non-hydrogen) atoms. The Kier molecular flexibility index (Phi) is 4.30. The number of carboxylic acid groups (broad SMARTS) is 1.